The quantitative estimate of drug-likeness (QED) is 0.385. The summed E-state index contributed by atoms with van der Waals surface area (Å²) in [5, 5.41) is 8.43. The van der Waals surface area contributed by atoms with Gasteiger partial charge in [-0.3, -0.25) is 10.0 Å². The number of aryl methyl sites for hydroxylation is 2. The van der Waals surface area contributed by atoms with Crippen LogP contribution >= 0.6 is 0 Å². The highest BCUT2D eigenvalue weighted by atomic mass is 16.5. The molecule has 0 saturated heterocycles. The van der Waals surface area contributed by atoms with Gasteiger partial charge in [0.25, 0.3) is 5.91 Å². The van der Waals surface area contributed by atoms with E-state index in [0.29, 0.717) is 0 Å². The van der Waals surface area contributed by atoms with Gasteiger partial charge in [-0.15, -0.1) is 0 Å². The maximum atomic E-state index is 10.9. The lowest BCUT2D eigenvalue weighted by atomic mass is 10.1. The summed E-state index contributed by atoms with van der Waals surface area (Å²) in [7, 11) is 0. The molecule has 0 atom stereocenters. The van der Waals surface area contributed by atoms with Crippen LogP contribution in [0.5, 0.6) is 0 Å². The second-order valence-corrected chi connectivity index (χ2v) is 5.25. The molecule has 5 nitrogen and oxygen atoms in total. The number of nitrogens with zero attached hydrogens (tertiary/aromatic N) is 1. The Morgan fingerprint density at radius 1 is 1.13 bits per heavy atom. The molecule has 0 aliphatic carbocycles. The number of para-hydroxylation sites is 2. The van der Waals surface area contributed by atoms with Gasteiger partial charge in [0.2, 0.25) is 0 Å². The first-order valence-corrected chi connectivity index (χ1v) is 7.39. The third kappa shape index (κ3) is 3.84. The number of hydroxylamine groups is 1. The van der Waals surface area contributed by atoms with Crippen LogP contribution in [0.1, 0.15) is 17.0 Å². The van der Waals surface area contributed by atoms with E-state index in [1.54, 1.807) is 11.6 Å². The predicted octanol–water partition coefficient (Wildman–Crippen LogP) is 2.87. The highest BCUT2D eigenvalue weighted by molar-refractivity contribution is 5.90. The summed E-state index contributed by atoms with van der Waals surface area (Å²) >= 11 is 0. The lowest BCUT2D eigenvalue weighted by Gasteiger charge is -2.00. The Labute approximate surface area is 133 Å². The van der Waals surface area contributed by atoms with E-state index in [4.69, 9.17) is 5.21 Å². The molecule has 1 amide bonds. The van der Waals surface area contributed by atoms with Crippen LogP contribution in [0.3, 0.4) is 0 Å². The first-order valence-electron chi connectivity index (χ1n) is 7.39. The molecule has 3 aromatic rings. The van der Waals surface area contributed by atoms with Crippen molar-refractivity contribution < 1.29 is 10.0 Å². The topological polar surface area (TPSA) is 78.0 Å². The van der Waals surface area contributed by atoms with Crippen molar-refractivity contribution in [3.05, 3.63) is 71.6 Å². The molecule has 0 unspecified atom stereocenters. The molecule has 0 saturated carbocycles. The van der Waals surface area contributed by atoms with Gasteiger partial charge < -0.3 is 4.98 Å². The van der Waals surface area contributed by atoms with Crippen molar-refractivity contribution in [2.24, 2.45) is 0 Å². The van der Waals surface area contributed by atoms with Gasteiger partial charge >= 0.3 is 0 Å². The molecule has 23 heavy (non-hydrogen) atoms. The van der Waals surface area contributed by atoms with Crippen molar-refractivity contribution in [3.8, 4) is 0 Å². The van der Waals surface area contributed by atoms with Gasteiger partial charge in [-0.2, -0.15) is 0 Å². The standard InChI is InChI=1S/C18H17N3O2/c22-18(21-23)12-10-14-7-5-13(6-8-14)9-11-17-19-15-3-1-2-4-16(15)20-17/h1-8,10,12,23H,9,11H2,(H,19,20)(H,21,22). The smallest absolute Gasteiger partial charge is 0.267 e. The number of amides is 1. The Balaban J connectivity index is 1.62. The zero-order chi connectivity index (χ0) is 16.1. The molecular formula is C18H17N3O2. The average molecular weight is 307 g/mol. The molecule has 0 spiro atoms. The van der Waals surface area contributed by atoms with Gasteiger partial charge in [0, 0.05) is 12.5 Å². The van der Waals surface area contributed by atoms with Gasteiger partial charge in [0.1, 0.15) is 5.82 Å². The summed E-state index contributed by atoms with van der Waals surface area (Å²) in [6.45, 7) is 0. The highest BCUT2D eigenvalue weighted by Gasteiger charge is 2.02. The summed E-state index contributed by atoms with van der Waals surface area (Å²) in [6.07, 6.45) is 4.66. The molecule has 1 aromatic heterocycles. The molecule has 0 radical (unpaired) electrons. The van der Waals surface area contributed by atoms with E-state index >= 15 is 0 Å². The van der Waals surface area contributed by atoms with Gasteiger partial charge in [-0.25, -0.2) is 10.5 Å². The van der Waals surface area contributed by atoms with Crippen LogP contribution in [-0.2, 0) is 17.6 Å². The molecule has 0 bridgehead atoms. The Morgan fingerprint density at radius 3 is 2.65 bits per heavy atom. The van der Waals surface area contributed by atoms with Crippen LogP contribution < -0.4 is 5.48 Å². The van der Waals surface area contributed by atoms with E-state index in [1.807, 2.05) is 48.5 Å². The minimum Gasteiger partial charge on any atom is -0.342 e. The van der Waals surface area contributed by atoms with Gasteiger partial charge in [0.15, 0.2) is 0 Å². The predicted molar refractivity (Wildman–Crippen MR) is 88.9 cm³/mol. The molecule has 116 valence electrons. The third-order valence-electron chi connectivity index (χ3n) is 3.61. The van der Waals surface area contributed by atoms with Crippen LogP contribution in [0.15, 0.2) is 54.6 Å². The van der Waals surface area contributed by atoms with Crippen molar-refractivity contribution in [1.82, 2.24) is 15.4 Å². The van der Waals surface area contributed by atoms with E-state index < -0.39 is 5.91 Å². The van der Waals surface area contributed by atoms with Crippen LogP contribution in [0.2, 0.25) is 0 Å². The third-order valence-corrected chi connectivity index (χ3v) is 3.61. The van der Waals surface area contributed by atoms with Crippen LogP contribution in [0.25, 0.3) is 17.1 Å². The zero-order valence-electron chi connectivity index (χ0n) is 12.5. The first-order chi connectivity index (χ1) is 11.2. The molecule has 0 aliphatic heterocycles. The molecule has 0 aliphatic rings. The maximum Gasteiger partial charge on any atom is 0.267 e. The molecule has 1 heterocycles. The molecule has 3 N–H and O–H groups in total. The normalized spacial score (nSPS) is 11.2. The van der Waals surface area contributed by atoms with E-state index in [-0.39, 0.29) is 0 Å². The molecule has 3 rings (SSSR count). The fourth-order valence-electron chi connectivity index (χ4n) is 2.39. The number of carbonyl (C=O) groups excluding carboxylic acids is 1. The Morgan fingerprint density at radius 2 is 1.91 bits per heavy atom. The number of H-pyrrole nitrogens is 1. The monoisotopic (exact) mass is 307 g/mol. The van der Waals surface area contributed by atoms with E-state index in [0.717, 1.165) is 35.3 Å². The SMILES string of the molecule is O=C(C=Cc1ccc(CCc2nc3ccccc3[nH]2)cc1)NO. The van der Waals surface area contributed by atoms with Crippen molar-refractivity contribution in [2.75, 3.05) is 0 Å². The van der Waals surface area contributed by atoms with Crippen molar-refractivity contribution in [3.63, 3.8) is 0 Å². The zero-order valence-corrected chi connectivity index (χ0v) is 12.5. The van der Waals surface area contributed by atoms with E-state index in [2.05, 4.69) is 9.97 Å². The van der Waals surface area contributed by atoms with Crippen LogP contribution in [0.4, 0.5) is 0 Å². The number of carbonyl (C=O) groups is 1. The van der Waals surface area contributed by atoms with Crippen LogP contribution in [0, 0.1) is 0 Å². The number of aromatic nitrogens is 2. The van der Waals surface area contributed by atoms with E-state index in [9.17, 15) is 4.79 Å². The fraction of sp³-hybridized carbons (Fsp3) is 0.111. The van der Waals surface area contributed by atoms with Crippen molar-refractivity contribution >= 4 is 23.0 Å². The molecule has 2 aromatic carbocycles. The first kappa shape index (κ1) is 15.0. The Hall–Kier alpha value is -2.92. The van der Waals surface area contributed by atoms with Crippen molar-refractivity contribution in [1.29, 1.82) is 0 Å². The number of aromatic amines is 1. The lowest BCUT2D eigenvalue weighted by Crippen LogP contribution is -2.14. The minimum absolute atomic E-state index is 0.543. The number of benzene rings is 2. The number of rotatable bonds is 5. The number of nitrogens with one attached hydrogen (secondary N) is 2. The van der Waals surface area contributed by atoms with Crippen molar-refractivity contribution in [2.45, 2.75) is 12.8 Å². The summed E-state index contributed by atoms with van der Waals surface area (Å²) in [6, 6.07) is 15.9. The Kier molecular flexibility index (Phi) is 4.49. The minimum atomic E-state index is -0.543. The van der Waals surface area contributed by atoms with Gasteiger partial charge in [0.05, 0.1) is 11.0 Å². The second-order valence-electron chi connectivity index (χ2n) is 5.25. The lowest BCUT2D eigenvalue weighted by molar-refractivity contribution is -0.124. The van der Waals surface area contributed by atoms with Gasteiger partial charge in [-0.1, -0.05) is 36.4 Å². The van der Waals surface area contributed by atoms with Crippen LogP contribution in [-0.4, -0.2) is 21.1 Å². The second kappa shape index (κ2) is 6.89. The Bertz CT molecular complexity index is 802. The highest BCUT2D eigenvalue weighted by Crippen LogP contribution is 2.13. The molecule has 5 heteroatoms. The summed E-state index contributed by atoms with van der Waals surface area (Å²) in [5.41, 5.74) is 5.72. The number of imidazole rings is 1. The fourth-order valence-corrected chi connectivity index (χ4v) is 2.39. The summed E-state index contributed by atoms with van der Waals surface area (Å²) in [5.74, 6) is 0.439. The number of hydrogen-bond donors (Lipinski definition) is 3. The molecule has 0 fully saturated rings. The molecular weight excluding hydrogens is 290 g/mol. The number of fused-ring (bicyclic) bond motifs is 1. The largest absolute Gasteiger partial charge is 0.342 e. The van der Waals surface area contributed by atoms with E-state index in [1.165, 1.54) is 11.6 Å². The van der Waals surface area contributed by atoms with Gasteiger partial charge in [-0.05, 0) is 35.8 Å². The average Bonchev–Trinajstić information content (AvgIpc) is 3.01. The maximum absolute atomic E-state index is 10.9. The summed E-state index contributed by atoms with van der Waals surface area (Å²) in [4.78, 5) is 18.8. The summed E-state index contributed by atoms with van der Waals surface area (Å²) < 4.78 is 0. The number of hydrogen-bond acceptors (Lipinski definition) is 3.